The number of benzene rings is 1. The smallest absolute Gasteiger partial charge is 0.340 e. The lowest BCUT2D eigenvalue weighted by Gasteiger charge is -2.30. The van der Waals surface area contributed by atoms with Crippen LogP contribution in [0.15, 0.2) is 32.9 Å². The van der Waals surface area contributed by atoms with Crippen LogP contribution in [0.25, 0.3) is 5.57 Å². The second-order valence-electron chi connectivity index (χ2n) is 8.19. The summed E-state index contributed by atoms with van der Waals surface area (Å²) < 4.78 is 21.1. The van der Waals surface area contributed by atoms with E-state index in [2.05, 4.69) is 10.3 Å². The molecule has 2 aromatic rings. The van der Waals surface area contributed by atoms with Gasteiger partial charge in [0.2, 0.25) is 5.91 Å². The maximum atomic E-state index is 14.7. The Hall–Kier alpha value is -3.28. The highest BCUT2D eigenvalue weighted by molar-refractivity contribution is 7.99. The summed E-state index contributed by atoms with van der Waals surface area (Å²) in [6, 6.07) is 2.44. The predicted octanol–water partition coefficient (Wildman–Crippen LogP) is 1.08. The molecule has 1 aromatic carbocycles. The minimum Gasteiger partial charge on any atom is -0.458 e. The molecular formula is C23H21FN4O5S. The molecule has 1 amide bonds. The lowest BCUT2D eigenvalue weighted by Crippen LogP contribution is -2.42. The van der Waals surface area contributed by atoms with Gasteiger partial charge in [0.05, 0.1) is 35.7 Å². The van der Waals surface area contributed by atoms with E-state index in [1.807, 2.05) is 6.08 Å². The van der Waals surface area contributed by atoms with Gasteiger partial charge in [0.25, 0.3) is 5.56 Å². The van der Waals surface area contributed by atoms with Crippen LogP contribution in [0, 0.1) is 12.7 Å². The topological polar surface area (TPSA) is 136 Å². The minimum atomic E-state index is -1.57. The van der Waals surface area contributed by atoms with Crippen molar-refractivity contribution in [3.05, 3.63) is 62.3 Å². The zero-order valence-corrected chi connectivity index (χ0v) is 18.9. The molecular weight excluding hydrogens is 463 g/mol. The number of fused-ring (bicyclic) bond motifs is 2. The molecule has 0 saturated heterocycles. The molecule has 9 nitrogen and oxygen atoms in total. The number of hydrogen-bond acceptors (Lipinski definition) is 8. The molecule has 11 heteroatoms. The third-order valence-electron chi connectivity index (χ3n) is 6.20. The summed E-state index contributed by atoms with van der Waals surface area (Å²) >= 11 is 1.42. The second-order valence-corrected chi connectivity index (χ2v) is 9.22. The summed E-state index contributed by atoms with van der Waals surface area (Å²) in [7, 11) is 0. The van der Waals surface area contributed by atoms with Gasteiger partial charge in [-0.2, -0.15) is 0 Å². The van der Waals surface area contributed by atoms with Crippen LogP contribution in [0.5, 0.6) is 0 Å². The van der Waals surface area contributed by atoms with Gasteiger partial charge < -0.3 is 25.5 Å². The highest BCUT2D eigenvalue weighted by Crippen LogP contribution is 2.45. The van der Waals surface area contributed by atoms with Gasteiger partial charge in [0.1, 0.15) is 12.4 Å². The highest BCUT2D eigenvalue weighted by Gasteiger charge is 2.33. The molecule has 3 aliphatic heterocycles. The molecule has 0 fully saturated rings. The summed E-state index contributed by atoms with van der Waals surface area (Å²) in [6.45, 7) is 1.40. The van der Waals surface area contributed by atoms with Crippen LogP contribution in [0.4, 0.5) is 10.1 Å². The van der Waals surface area contributed by atoms with E-state index >= 15 is 0 Å². The van der Waals surface area contributed by atoms with Crippen LogP contribution in [0.1, 0.15) is 34.1 Å². The van der Waals surface area contributed by atoms with Crippen LogP contribution in [-0.4, -0.2) is 46.1 Å². The predicted molar refractivity (Wildman–Crippen MR) is 124 cm³/mol. The number of ether oxygens (including phenoxy) is 1. The zero-order chi connectivity index (χ0) is 24.1. The summed E-state index contributed by atoms with van der Waals surface area (Å²) in [4.78, 5) is 42.4. The number of cyclic esters (lactones) is 1. The van der Waals surface area contributed by atoms with E-state index in [0.717, 1.165) is 10.5 Å². The van der Waals surface area contributed by atoms with Gasteiger partial charge in [-0.05, 0) is 24.1 Å². The van der Waals surface area contributed by atoms with Crippen molar-refractivity contribution in [1.82, 2.24) is 9.88 Å². The van der Waals surface area contributed by atoms with E-state index in [9.17, 15) is 23.9 Å². The number of hydrogen-bond donors (Lipinski definition) is 3. The van der Waals surface area contributed by atoms with Gasteiger partial charge in [0.15, 0.2) is 6.10 Å². The molecule has 2 atom stereocenters. The van der Waals surface area contributed by atoms with Crippen molar-refractivity contribution in [3.63, 3.8) is 0 Å². The van der Waals surface area contributed by atoms with E-state index in [-0.39, 0.29) is 36.7 Å². The molecule has 1 aromatic heterocycles. The van der Waals surface area contributed by atoms with E-state index in [1.165, 1.54) is 34.7 Å². The Morgan fingerprint density at radius 3 is 2.97 bits per heavy atom. The largest absolute Gasteiger partial charge is 0.458 e. The molecule has 0 saturated carbocycles. The number of carbonyl (C=O) groups excluding carboxylic acids is 2. The van der Waals surface area contributed by atoms with E-state index in [1.54, 1.807) is 6.92 Å². The van der Waals surface area contributed by atoms with Gasteiger partial charge in [-0.15, -0.1) is 11.8 Å². The molecule has 34 heavy (non-hydrogen) atoms. The summed E-state index contributed by atoms with van der Waals surface area (Å²) in [5, 5.41) is 13.1. The first kappa shape index (κ1) is 22.5. The normalized spacial score (nSPS) is 23.1. The molecule has 2 unspecified atom stereocenters. The van der Waals surface area contributed by atoms with Crippen molar-refractivity contribution in [2.45, 2.75) is 37.1 Å². The number of esters is 1. The van der Waals surface area contributed by atoms with Crippen LogP contribution in [0.2, 0.25) is 0 Å². The first-order chi connectivity index (χ1) is 16.3. The Kier molecular flexibility index (Phi) is 5.62. The van der Waals surface area contributed by atoms with Crippen LogP contribution in [0.3, 0.4) is 0 Å². The maximum Gasteiger partial charge on any atom is 0.340 e. The first-order valence-corrected chi connectivity index (χ1v) is 11.6. The number of rotatable bonds is 2. The molecule has 0 bridgehead atoms. The molecule has 0 aliphatic carbocycles. The van der Waals surface area contributed by atoms with E-state index < -0.39 is 29.5 Å². The number of halogens is 1. The number of nitrogens with two attached hydrogens (primary N) is 1. The Labute approximate surface area is 197 Å². The number of aliphatic hydroxyl groups is 1. The number of amides is 1. The number of aliphatic hydroxyl groups excluding tert-OH is 1. The van der Waals surface area contributed by atoms with Crippen molar-refractivity contribution in [2.75, 3.05) is 12.3 Å². The van der Waals surface area contributed by atoms with Crippen LogP contribution < -0.4 is 16.6 Å². The SMILES string of the molecule is Cc1c(F)cc2c3c1SCC(NC(=O)CN)/C3=C\Cn1c(cc3c(c1=O)COC(=O)C3O)/C=N/2. The quantitative estimate of drug-likeness (QED) is 0.543. The number of pyridine rings is 1. The van der Waals surface area contributed by atoms with Gasteiger partial charge in [-0.1, -0.05) is 6.08 Å². The van der Waals surface area contributed by atoms with E-state index in [4.69, 9.17) is 10.5 Å². The van der Waals surface area contributed by atoms with Gasteiger partial charge >= 0.3 is 5.97 Å². The average molecular weight is 485 g/mol. The van der Waals surface area contributed by atoms with Gasteiger partial charge in [-0.25, -0.2) is 9.18 Å². The number of carbonyl (C=O) groups is 2. The lowest BCUT2D eigenvalue weighted by molar-refractivity contribution is -0.157. The second kappa shape index (κ2) is 8.49. The summed E-state index contributed by atoms with van der Waals surface area (Å²) in [5.74, 6) is -1.11. The van der Waals surface area contributed by atoms with Crippen molar-refractivity contribution in [2.24, 2.45) is 10.7 Å². The van der Waals surface area contributed by atoms with Gasteiger partial charge in [-0.3, -0.25) is 14.6 Å². The standard InChI is InChI=1S/C23H21FN4O5S/c1-10-15(24)5-16-19-12(17(9-34-21(10)19)27-18(29)6-25)2-3-28-11(7-26-16)4-13-14(22(28)31)8-33-23(32)20(13)30/h2,4-5,7,17,20,30H,3,6,8-9,25H2,1H3,(H,27,29)/b12-2+,26-7+. The Balaban J connectivity index is 1.73. The maximum absolute atomic E-state index is 14.7. The van der Waals surface area contributed by atoms with Crippen LogP contribution in [-0.2, 0) is 27.5 Å². The van der Waals surface area contributed by atoms with E-state index in [0.29, 0.717) is 28.3 Å². The zero-order valence-electron chi connectivity index (χ0n) is 18.1. The number of aliphatic imine (C=N–C) groups is 1. The molecule has 5 rings (SSSR count). The minimum absolute atomic E-state index is 0.127. The molecule has 0 spiro atoms. The molecule has 176 valence electrons. The fraction of sp³-hybridized carbons (Fsp3) is 0.304. The van der Waals surface area contributed by atoms with Crippen molar-refractivity contribution in [1.29, 1.82) is 0 Å². The third-order valence-corrected chi connectivity index (χ3v) is 7.50. The molecule has 4 heterocycles. The molecule has 0 radical (unpaired) electrons. The van der Waals surface area contributed by atoms with Crippen LogP contribution >= 0.6 is 11.8 Å². The Bertz CT molecular complexity index is 1370. The fourth-order valence-electron chi connectivity index (χ4n) is 4.41. The van der Waals surface area contributed by atoms with Crippen molar-refractivity contribution < 1.29 is 23.8 Å². The fourth-order valence-corrected chi connectivity index (χ4v) is 5.69. The average Bonchev–Trinajstić information content (AvgIpc) is 2.90. The number of thioether (sulfide) groups is 1. The Morgan fingerprint density at radius 2 is 2.21 bits per heavy atom. The lowest BCUT2D eigenvalue weighted by atomic mass is 9.94. The van der Waals surface area contributed by atoms with Crippen molar-refractivity contribution >= 4 is 41.1 Å². The van der Waals surface area contributed by atoms with Crippen molar-refractivity contribution in [3.8, 4) is 0 Å². The van der Waals surface area contributed by atoms with Gasteiger partial charge in [0, 0.05) is 34.4 Å². The number of nitrogens with one attached hydrogen (secondary N) is 1. The summed E-state index contributed by atoms with van der Waals surface area (Å²) in [5.41, 5.74) is 8.02. The number of aromatic nitrogens is 1. The third kappa shape index (κ3) is 3.56. The molecule has 3 aliphatic rings. The first-order valence-electron chi connectivity index (χ1n) is 10.6. The summed E-state index contributed by atoms with van der Waals surface area (Å²) in [6.07, 6.45) is 1.67. The Morgan fingerprint density at radius 1 is 1.41 bits per heavy atom. The highest BCUT2D eigenvalue weighted by atomic mass is 32.2. The number of allylic oxidation sites excluding steroid dienone is 1. The molecule has 4 N–H and O–H groups in total. The number of nitrogens with zero attached hydrogens (tertiary/aromatic N) is 2. The monoisotopic (exact) mass is 484 g/mol.